The lowest BCUT2D eigenvalue weighted by Crippen LogP contribution is -2.39. The summed E-state index contributed by atoms with van der Waals surface area (Å²) in [6.45, 7) is 8.07. The molecule has 1 aromatic rings. The van der Waals surface area contributed by atoms with Crippen molar-refractivity contribution >= 4 is 0 Å². The van der Waals surface area contributed by atoms with Crippen molar-refractivity contribution in [3.05, 3.63) is 34.4 Å². The summed E-state index contributed by atoms with van der Waals surface area (Å²) in [4.78, 5) is 0. The van der Waals surface area contributed by atoms with Crippen molar-refractivity contribution in [2.45, 2.75) is 78.2 Å². The summed E-state index contributed by atoms with van der Waals surface area (Å²) >= 11 is 0. The maximum absolute atomic E-state index is 3.84. The molecule has 2 aliphatic rings. The smallest absolute Gasteiger partial charge is 0.00684 e. The number of nitrogens with one attached hydrogen (secondary N) is 1. The minimum Gasteiger partial charge on any atom is -0.313 e. The topological polar surface area (TPSA) is 12.0 Å². The Bertz CT molecular complexity index is 470. The highest BCUT2D eigenvalue weighted by Gasteiger charge is 2.34. The lowest BCUT2D eigenvalue weighted by atomic mass is 9.69. The van der Waals surface area contributed by atoms with Crippen LogP contribution in [0.4, 0.5) is 0 Å². The van der Waals surface area contributed by atoms with Gasteiger partial charge in [-0.15, -0.1) is 0 Å². The quantitative estimate of drug-likeness (QED) is 0.815. The first-order valence-electron chi connectivity index (χ1n) is 8.88. The Kier molecular flexibility index (Phi) is 4.40. The highest BCUT2D eigenvalue weighted by Crippen LogP contribution is 2.40. The number of rotatable bonds is 5. The second-order valence-electron chi connectivity index (χ2n) is 7.77. The van der Waals surface area contributed by atoms with Crippen molar-refractivity contribution in [3.63, 3.8) is 0 Å². The average Bonchev–Trinajstić information content (AvgIpc) is 3.26. The zero-order valence-corrected chi connectivity index (χ0v) is 14.1. The van der Waals surface area contributed by atoms with Gasteiger partial charge in [0.2, 0.25) is 0 Å². The van der Waals surface area contributed by atoms with Gasteiger partial charge in [-0.05, 0) is 75.0 Å². The number of benzene rings is 1. The van der Waals surface area contributed by atoms with E-state index in [4.69, 9.17) is 0 Å². The molecule has 1 nitrogen and oxygen atoms in total. The first kappa shape index (κ1) is 15.1. The van der Waals surface area contributed by atoms with Crippen LogP contribution in [-0.2, 0) is 6.42 Å². The van der Waals surface area contributed by atoms with E-state index in [1.807, 2.05) is 0 Å². The van der Waals surface area contributed by atoms with Crippen LogP contribution in [0.3, 0.4) is 0 Å². The molecule has 0 bridgehead atoms. The summed E-state index contributed by atoms with van der Waals surface area (Å²) in [5.41, 5.74) is 6.56. The minimum atomic E-state index is 0.519. The lowest BCUT2D eigenvalue weighted by Gasteiger charge is -2.39. The van der Waals surface area contributed by atoms with Crippen molar-refractivity contribution in [2.75, 3.05) is 6.54 Å². The summed E-state index contributed by atoms with van der Waals surface area (Å²) in [6, 6.07) is 5.57. The van der Waals surface area contributed by atoms with Gasteiger partial charge >= 0.3 is 0 Å². The first-order chi connectivity index (χ1) is 10.1. The minimum absolute atomic E-state index is 0.519. The van der Waals surface area contributed by atoms with Gasteiger partial charge in [0.15, 0.2) is 0 Å². The Morgan fingerprint density at radius 2 is 1.62 bits per heavy atom. The summed E-state index contributed by atoms with van der Waals surface area (Å²) in [5, 5.41) is 3.84. The third-order valence-corrected chi connectivity index (χ3v) is 5.65. The van der Waals surface area contributed by atoms with Crippen molar-refractivity contribution in [1.82, 2.24) is 5.32 Å². The van der Waals surface area contributed by atoms with Crippen LogP contribution < -0.4 is 5.32 Å². The SMILES string of the molecule is Cc1cc(C)c(CC2(CNC3CC3)CCCCC2)c(C)c1. The normalized spacial score (nSPS) is 21.5. The van der Waals surface area contributed by atoms with Gasteiger partial charge in [-0.2, -0.15) is 0 Å². The molecular weight excluding hydrogens is 254 g/mol. The summed E-state index contributed by atoms with van der Waals surface area (Å²) in [6.07, 6.45) is 11.2. The lowest BCUT2D eigenvalue weighted by molar-refractivity contribution is 0.179. The average molecular weight is 285 g/mol. The molecule has 0 saturated heterocycles. The predicted octanol–water partition coefficient (Wildman–Crippen LogP) is 4.86. The summed E-state index contributed by atoms with van der Waals surface area (Å²) in [7, 11) is 0. The summed E-state index contributed by atoms with van der Waals surface area (Å²) in [5.74, 6) is 0. The molecule has 0 unspecified atom stereocenters. The van der Waals surface area contributed by atoms with Gasteiger partial charge in [-0.3, -0.25) is 0 Å². The van der Waals surface area contributed by atoms with Gasteiger partial charge in [0.25, 0.3) is 0 Å². The van der Waals surface area contributed by atoms with Crippen LogP contribution in [0.25, 0.3) is 0 Å². The molecule has 2 aliphatic carbocycles. The van der Waals surface area contributed by atoms with E-state index >= 15 is 0 Å². The fraction of sp³-hybridized carbons (Fsp3) is 0.700. The third-order valence-electron chi connectivity index (χ3n) is 5.65. The van der Waals surface area contributed by atoms with E-state index in [-0.39, 0.29) is 0 Å². The highest BCUT2D eigenvalue weighted by atomic mass is 15.0. The highest BCUT2D eigenvalue weighted by molar-refractivity contribution is 5.38. The molecule has 0 heterocycles. The Labute approximate surface area is 130 Å². The van der Waals surface area contributed by atoms with E-state index < -0.39 is 0 Å². The standard InChI is InChI=1S/C20H31N/c1-15-11-16(2)19(17(3)12-15)13-20(9-5-4-6-10-20)14-21-18-7-8-18/h11-12,18,21H,4-10,13-14H2,1-3H3. The second kappa shape index (κ2) is 6.12. The van der Waals surface area contributed by atoms with Gasteiger partial charge < -0.3 is 5.32 Å². The van der Waals surface area contributed by atoms with Crippen molar-refractivity contribution in [3.8, 4) is 0 Å². The van der Waals surface area contributed by atoms with Crippen LogP contribution in [0.1, 0.15) is 67.2 Å². The maximum atomic E-state index is 3.84. The molecule has 0 amide bonds. The molecule has 1 heteroatoms. The van der Waals surface area contributed by atoms with Gasteiger partial charge in [0, 0.05) is 12.6 Å². The van der Waals surface area contributed by atoms with Crippen LogP contribution in [0.15, 0.2) is 12.1 Å². The second-order valence-corrected chi connectivity index (χ2v) is 7.77. The molecule has 0 aliphatic heterocycles. The predicted molar refractivity (Wildman–Crippen MR) is 90.9 cm³/mol. The van der Waals surface area contributed by atoms with E-state index in [2.05, 4.69) is 38.2 Å². The molecule has 0 spiro atoms. The van der Waals surface area contributed by atoms with Gasteiger partial charge in [-0.25, -0.2) is 0 Å². The van der Waals surface area contributed by atoms with Crippen molar-refractivity contribution in [1.29, 1.82) is 0 Å². The molecule has 3 rings (SSSR count). The van der Waals surface area contributed by atoms with Gasteiger partial charge in [0.1, 0.15) is 0 Å². The fourth-order valence-corrected chi connectivity index (χ4v) is 4.23. The Balaban J connectivity index is 1.79. The molecule has 0 radical (unpaired) electrons. The monoisotopic (exact) mass is 285 g/mol. The molecule has 0 aromatic heterocycles. The zero-order chi connectivity index (χ0) is 14.9. The van der Waals surface area contributed by atoms with Crippen molar-refractivity contribution in [2.24, 2.45) is 5.41 Å². The van der Waals surface area contributed by atoms with E-state index in [9.17, 15) is 0 Å². The molecule has 21 heavy (non-hydrogen) atoms. The first-order valence-corrected chi connectivity index (χ1v) is 8.88. The Hall–Kier alpha value is -0.820. The largest absolute Gasteiger partial charge is 0.313 e. The van der Waals surface area contributed by atoms with E-state index in [1.54, 1.807) is 5.56 Å². The Morgan fingerprint density at radius 1 is 1.00 bits per heavy atom. The van der Waals surface area contributed by atoms with E-state index in [0.29, 0.717) is 5.41 Å². The summed E-state index contributed by atoms with van der Waals surface area (Å²) < 4.78 is 0. The number of hydrogen-bond acceptors (Lipinski definition) is 1. The van der Waals surface area contributed by atoms with Gasteiger partial charge in [-0.1, -0.05) is 37.0 Å². The van der Waals surface area contributed by atoms with Crippen LogP contribution in [0.5, 0.6) is 0 Å². The molecule has 1 aromatic carbocycles. The van der Waals surface area contributed by atoms with Gasteiger partial charge in [0.05, 0.1) is 0 Å². The van der Waals surface area contributed by atoms with Crippen LogP contribution in [0.2, 0.25) is 0 Å². The molecule has 0 atom stereocenters. The van der Waals surface area contributed by atoms with Crippen LogP contribution in [0, 0.1) is 26.2 Å². The third kappa shape index (κ3) is 3.69. The maximum Gasteiger partial charge on any atom is 0.00684 e. The zero-order valence-electron chi connectivity index (χ0n) is 14.1. The van der Waals surface area contributed by atoms with Crippen LogP contribution >= 0.6 is 0 Å². The van der Waals surface area contributed by atoms with E-state index in [0.717, 1.165) is 6.04 Å². The molecular formula is C20H31N. The molecule has 2 saturated carbocycles. The van der Waals surface area contributed by atoms with Crippen LogP contribution in [-0.4, -0.2) is 12.6 Å². The number of aryl methyl sites for hydroxylation is 3. The molecule has 2 fully saturated rings. The van der Waals surface area contributed by atoms with Crippen molar-refractivity contribution < 1.29 is 0 Å². The number of hydrogen-bond donors (Lipinski definition) is 1. The van der Waals surface area contributed by atoms with E-state index in [1.165, 1.54) is 74.6 Å². The molecule has 1 N–H and O–H groups in total. The fourth-order valence-electron chi connectivity index (χ4n) is 4.23. The molecule has 116 valence electrons. The Morgan fingerprint density at radius 3 is 2.19 bits per heavy atom.